The third kappa shape index (κ3) is 5.85. The van der Waals surface area contributed by atoms with E-state index in [9.17, 15) is 0 Å². The highest BCUT2D eigenvalue weighted by molar-refractivity contribution is 8.33. The third-order valence-corrected chi connectivity index (χ3v) is 19.4. The molecular formula is C47H68S. The monoisotopic (exact) mass is 665 g/mol. The molecule has 0 aliphatic heterocycles. The van der Waals surface area contributed by atoms with Crippen LogP contribution < -0.4 is 0 Å². The summed E-state index contributed by atoms with van der Waals surface area (Å²) >= 11 is 0. The molecule has 0 N–H and O–H groups in total. The van der Waals surface area contributed by atoms with Crippen molar-refractivity contribution in [1.29, 1.82) is 0 Å². The first-order valence-electron chi connectivity index (χ1n) is 19.5. The molecule has 262 valence electrons. The van der Waals surface area contributed by atoms with Crippen molar-refractivity contribution in [2.75, 3.05) is 6.26 Å². The van der Waals surface area contributed by atoms with Crippen molar-refractivity contribution in [2.24, 2.45) is 41.4 Å². The molecule has 0 saturated heterocycles. The van der Waals surface area contributed by atoms with Crippen molar-refractivity contribution in [1.82, 2.24) is 0 Å². The SMILES string of the molecule is CC1Cc2c(cc3c(c2-c2cc(C(C)(C)C)cc(C(C)(C)C)c2)CCC3)C(S(C)(c2ccccc2)C2C(C)C(C)C(C)C(C)C2C)C1C. The molecule has 3 aromatic carbocycles. The Morgan fingerprint density at radius 3 is 1.69 bits per heavy atom. The first kappa shape index (κ1) is 35.8. The van der Waals surface area contributed by atoms with Crippen molar-refractivity contribution in [3.63, 3.8) is 0 Å². The van der Waals surface area contributed by atoms with Crippen LogP contribution in [0.15, 0.2) is 59.5 Å². The Bertz CT molecular complexity index is 1580. The third-order valence-electron chi connectivity index (χ3n) is 14.4. The summed E-state index contributed by atoms with van der Waals surface area (Å²) in [5.41, 5.74) is 13.1. The predicted molar refractivity (Wildman–Crippen MR) is 214 cm³/mol. The van der Waals surface area contributed by atoms with Gasteiger partial charge in [-0.3, -0.25) is 0 Å². The van der Waals surface area contributed by atoms with Crippen molar-refractivity contribution >= 4 is 10.0 Å². The van der Waals surface area contributed by atoms with E-state index in [4.69, 9.17) is 0 Å². The first-order chi connectivity index (χ1) is 22.4. The average molecular weight is 665 g/mol. The first-order valence-corrected chi connectivity index (χ1v) is 21.7. The molecular weight excluding hydrogens is 597 g/mol. The van der Waals surface area contributed by atoms with Crippen LogP contribution in [0.3, 0.4) is 0 Å². The highest BCUT2D eigenvalue weighted by Gasteiger charge is 2.53. The fraction of sp³-hybridized carbons (Fsp3) is 0.617. The second-order valence-electron chi connectivity index (χ2n) is 19.2. The lowest BCUT2D eigenvalue weighted by atomic mass is 9.64. The summed E-state index contributed by atoms with van der Waals surface area (Å²) in [6.45, 7) is 32.6. The van der Waals surface area contributed by atoms with Gasteiger partial charge in [-0.25, -0.2) is 10.0 Å². The maximum atomic E-state index is 2.81. The van der Waals surface area contributed by atoms with Gasteiger partial charge in [-0.2, -0.15) is 0 Å². The molecule has 3 aliphatic carbocycles. The Morgan fingerprint density at radius 2 is 1.15 bits per heavy atom. The average Bonchev–Trinajstić information content (AvgIpc) is 3.50. The maximum Gasteiger partial charge on any atom is 0.0209 e. The summed E-state index contributed by atoms with van der Waals surface area (Å²) in [4.78, 5) is 1.64. The summed E-state index contributed by atoms with van der Waals surface area (Å²) in [6.07, 6.45) is 7.76. The van der Waals surface area contributed by atoms with Crippen LogP contribution >= 0.6 is 10.0 Å². The molecule has 1 fully saturated rings. The van der Waals surface area contributed by atoms with Gasteiger partial charge in [-0.1, -0.05) is 145 Å². The fourth-order valence-electron chi connectivity index (χ4n) is 10.7. The highest BCUT2D eigenvalue weighted by Crippen LogP contribution is 2.76. The summed E-state index contributed by atoms with van der Waals surface area (Å²) in [5.74, 6) is 4.92. The zero-order valence-corrected chi connectivity index (χ0v) is 33.9. The minimum Gasteiger partial charge on any atom is -0.207 e. The number of fused-ring (bicyclic) bond motifs is 2. The van der Waals surface area contributed by atoms with Gasteiger partial charge >= 0.3 is 0 Å². The molecule has 0 spiro atoms. The normalized spacial score (nSPS) is 32.7. The van der Waals surface area contributed by atoms with E-state index in [1.807, 2.05) is 0 Å². The van der Waals surface area contributed by atoms with Crippen molar-refractivity contribution in [2.45, 2.75) is 142 Å². The molecule has 1 saturated carbocycles. The number of rotatable bonds is 4. The number of benzene rings is 3. The van der Waals surface area contributed by atoms with E-state index in [-0.39, 0.29) is 10.8 Å². The molecule has 0 nitrogen and oxygen atoms in total. The molecule has 8 unspecified atom stereocenters. The Kier molecular flexibility index (Phi) is 9.44. The van der Waals surface area contributed by atoms with Gasteiger partial charge in [0.1, 0.15) is 0 Å². The van der Waals surface area contributed by atoms with E-state index in [2.05, 4.69) is 151 Å². The summed E-state index contributed by atoms with van der Waals surface area (Å²) in [7, 11) is -1.28. The molecule has 0 aromatic heterocycles. The quantitative estimate of drug-likeness (QED) is 0.260. The second kappa shape index (κ2) is 12.7. The van der Waals surface area contributed by atoms with E-state index < -0.39 is 10.0 Å². The maximum absolute atomic E-state index is 2.81. The molecule has 3 aromatic rings. The largest absolute Gasteiger partial charge is 0.207 e. The van der Waals surface area contributed by atoms with Crippen LogP contribution in [0.2, 0.25) is 0 Å². The molecule has 0 heterocycles. The highest BCUT2D eigenvalue weighted by atomic mass is 32.3. The van der Waals surface area contributed by atoms with Crippen LogP contribution in [0.5, 0.6) is 0 Å². The molecule has 3 aliphatic rings. The van der Waals surface area contributed by atoms with E-state index in [0.717, 1.165) is 17.8 Å². The van der Waals surface area contributed by atoms with Gasteiger partial charge < -0.3 is 0 Å². The Balaban J connectivity index is 1.67. The predicted octanol–water partition coefficient (Wildman–Crippen LogP) is 13.4. The lowest BCUT2D eigenvalue weighted by Crippen LogP contribution is -2.49. The lowest BCUT2D eigenvalue weighted by molar-refractivity contribution is 0.0908. The van der Waals surface area contributed by atoms with Gasteiger partial charge in [0.05, 0.1) is 0 Å². The van der Waals surface area contributed by atoms with Crippen molar-refractivity contribution in [3.8, 4) is 11.1 Å². The van der Waals surface area contributed by atoms with E-state index in [1.54, 1.807) is 32.7 Å². The fourth-order valence-corrected chi connectivity index (χ4v) is 16.5. The molecule has 48 heavy (non-hydrogen) atoms. The van der Waals surface area contributed by atoms with Crippen LogP contribution in [-0.2, 0) is 30.1 Å². The van der Waals surface area contributed by atoms with Gasteiger partial charge in [0.2, 0.25) is 0 Å². The Hall–Kier alpha value is -1.99. The van der Waals surface area contributed by atoms with E-state index >= 15 is 0 Å². The number of hydrogen-bond donors (Lipinski definition) is 0. The van der Waals surface area contributed by atoms with E-state index in [1.165, 1.54) is 42.4 Å². The van der Waals surface area contributed by atoms with Gasteiger partial charge in [-0.15, -0.1) is 0 Å². The van der Waals surface area contributed by atoms with Gasteiger partial charge in [-0.05, 0) is 139 Å². The van der Waals surface area contributed by atoms with Crippen LogP contribution in [0, 0.1) is 41.4 Å². The Labute approximate surface area is 297 Å². The van der Waals surface area contributed by atoms with Gasteiger partial charge in [0.25, 0.3) is 0 Å². The van der Waals surface area contributed by atoms with Crippen LogP contribution in [0.4, 0.5) is 0 Å². The second-order valence-corrected chi connectivity index (χ2v) is 22.8. The smallest absolute Gasteiger partial charge is 0.0209 e. The molecule has 0 radical (unpaired) electrons. The van der Waals surface area contributed by atoms with Gasteiger partial charge in [0.15, 0.2) is 0 Å². The summed E-state index contributed by atoms with van der Waals surface area (Å²) < 4.78 is 0. The number of aryl methyl sites for hydroxylation is 1. The lowest BCUT2D eigenvalue weighted by Gasteiger charge is -2.62. The minimum atomic E-state index is -1.28. The van der Waals surface area contributed by atoms with Gasteiger partial charge in [0, 0.05) is 5.25 Å². The Morgan fingerprint density at radius 1 is 0.604 bits per heavy atom. The zero-order valence-electron chi connectivity index (χ0n) is 33.1. The van der Waals surface area contributed by atoms with Crippen LogP contribution in [-0.4, -0.2) is 11.5 Å². The summed E-state index contributed by atoms with van der Waals surface area (Å²) in [6, 6.07) is 22.5. The van der Waals surface area contributed by atoms with Crippen LogP contribution in [0.1, 0.15) is 135 Å². The van der Waals surface area contributed by atoms with E-state index in [0.29, 0.717) is 34.2 Å². The molecule has 6 rings (SSSR count). The minimum absolute atomic E-state index is 0.103. The van der Waals surface area contributed by atoms with Crippen LogP contribution in [0.25, 0.3) is 11.1 Å². The topological polar surface area (TPSA) is 0 Å². The number of hydrogen-bond acceptors (Lipinski definition) is 0. The van der Waals surface area contributed by atoms with Crippen molar-refractivity contribution < 1.29 is 0 Å². The molecule has 0 amide bonds. The van der Waals surface area contributed by atoms with Crippen molar-refractivity contribution in [3.05, 3.63) is 88.0 Å². The zero-order chi connectivity index (χ0) is 35.1. The summed E-state index contributed by atoms with van der Waals surface area (Å²) in [5, 5.41) is 1.25. The molecule has 0 bridgehead atoms. The molecule has 1 heteroatoms. The molecule has 8 atom stereocenters. The standard InChI is InChI=1S/C47H68S/c1-28-23-41-42(26-35-19-18-22-40(35)43(41)36-24-37(46(8,9)10)27-38(25-36)47(11,12)13)45(29(28)2)48(14,39-20-16-15-17-21-39)44-33(6)31(4)30(3)32(5)34(44)7/h15-17,20-21,24-34,44-45H,18-19,22-23H2,1-14H3.